The van der Waals surface area contributed by atoms with Gasteiger partial charge in [-0.2, -0.15) is 0 Å². The number of para-hydroxylation sites is 1. The lowest BCUT2D eigenvalue weighted by atomic mass is 10.2. The summed E-state index contributed by atoms with van der Waals surface area (Å²) in [5.41, 5.74) is 3.16. The van der Waals surface area contributed by atoms with Gasteiger partial charge in [-0.1, -0.05) is 47.7 Å². The van der Waals surface area contributed by atoms with Crippen molar-refractivity contribution in [2.24, 2.45) is 0 Å². The van der Waals surface area contributed by atoms with Crippen molar-refractivity contribution in [2.45, 2.75) is 30.8 Å². The molecule has 1 N–H and O–H groups in total. The summed E-state index contributed by atoms with van der Waals surface area (Å²) in [6, 6.07) is 20.5. The fourth-order valence-electron chi connectivity index (χ4n) is 3.71. The molecule has 1 aromatic heterocycles. The van der Waals surface area contributed by atoms with Gasteiger partial charge in [-0.15, -0.1) is 0 Å². The topological polar surface area (TPSA) is 82.5 Å². The third-order valence-corrected chi connectivity index (χ3v) is 6.64. The van der Waals surface area contributed by atoms with Crippen LogP contribution in [-0.4, -0.2) is 27.5 Å². The van der Waals surface area contributed by atoms with E-state index in [2.05, 4.69) is 5.32 Å². The maximum absolute atomic E-state index is 13.4. The van der Waals surface area contributed by atoms with Crippen LogP contribution in [0.1, 0.15) is 18.1 Å². The third-order valence-electron chi connectivity index (χ3n) is 5.59. The first-order valence-corrected chi connectivity index (χ1v) is 11.8. The molecule has 1 atom stereocenters. The van der Waals surface area contributed by atoms with Crippen LogP contribution in [0.4, 0.5) is 0 Å². The Morgan fingerprint density at radius 3 is 2.68 bits per heavy atom. The van der Waals surface area contributed by atoms with Gasteiger partial charge in [0.25, 0.3) is 5.56 Å². The number of nitrogens with one attached hydrogen (secondary N) is 1. The molecule has 172 valence electrons. The molecule has 3 aromatic carbocycles. The summed E-state index contributed by atoms with van der Waals surface area (Å²) in [4.78, 5) is 31.0. The lowest BCUT2D eigenvalue weighted by Gasteiger charge is -2.17. The molecule has 1 aliphatic heterocycles. The molecular weight excluding hydrogens is 450 g/mol. The Hall–Kier alpha value is -3.78. The molecule has 0 radical (unpaired) electrons. The van der Waals surface area contributed by atoms with Crippen molar-refractivity contribution in [1.82, 2.24) is 14.9 Å². The first kappa shape index (κ1) is 22.0. The average molecular weight is 474 g/mol. The molecule has 0 aliphatic carbocycles. The van der Waals surface area contributed by atoms with Crippen LogP contribution < -0.4 is 20.3 Å². The van der Waals surface area contributed by atoms with E-state index in [1.165, 1.54) is 11.8 Å². The first-order valence-electron chi connectivity index (χ1n) is 10.9. The number of rotatable bonds is 6. The number of ether oxygens (including phenoxy) is 2. The summed E-state index contributed by atoms with van der Waals surface area (Å²) in [5.74, 6) is 1.23. The summed E-state index contributed by atoms with van der Waals surface area (Å²) in [6.45, 7) is 4.37. The molecule has 8 heteroatoms. The number of benzene rings is 3. The Morgan fingerprint density at radius 2 is 1.85 bits per heavy atom. The Labute approximate surface area is 200 Å². The van der Waals surface area contributed by atoms with Gasteiger partial charge in [-0.25, -0.2) is 4.98 Å². The van der Waals surface area contributed by atoms with Crippen LogP contribution >= 0.6 is 11.8 Å². The van der Waals surface area contributed by atoms with E-state index in [9.17, 15) is 9.59 Å². The van der Waals surface area contributed by atoms with E-state index >= 15 is 0 Å². The third kappa shape index (κ3) is 4.36. The smallest absolute Gasteiger partial charge is 0.266 e. The highest BCUT2D eigenvalue weighted by Gasteiger charge is 2.21. The zero-order valence-electron chi connectivity index (χ0n) is 18.8. The monoisotopic (exact) mass is 473 g/mol. The molecular formula is C26H23N3O4S. The fourth-order valence-corrected chi connectivity index (χ4v) is 4.66. The highest BCUT2D eigenvalue weighted by Crippen LogP contribution is 2.32. The van der Waals surface area contributed by atoms with Gasteiger partial charge in [0, 0.05) is 6.54 Å². The van der Waals surface area contributed by atoms with Crippen molar-refractivity contribution in [2.75, 3.05) is 6.79 Å². The SMILES string of the molecule is Cc1ccc(-n2c(SC(C)C(=O)NCc3ccc4c(c3)OCO4)nc3ccccc3c2=O)cc1. The van der Waals surface area contributed by atoms with Crippen molar-refractivity contribution in [3.05, 3.63) is 88.2 Å². The molecule has 1 unspecified atom stereocenters. The Morgan fingerprint density at radius 1 is 1.09 bits per heavy atom. The van der Waals surface area contributed by atoms with Crippen molar-refractivity contribution < 1.29 is 14.3 Å². The van der Waals surface area contributed by atoms with Crippen molar-refractivity contribution in [1.29, 1.82) is 0 Å². The van der Waals surface area contributed by atoms with Crippen molar-refractivity contribution in [3.63, 3.8) is 0 Å². The van der Waals surface area contributed by atoms with Crippen molar-refractivity contribution >= 4 is 28.6 Å². The fraction of sp³-hybridized carbons (Fsp3) is 0.192. The minimum atomic E-state index is -0.473. The summed E-state index contributed by atoms with van der Waals surface area (Å²) < 4.78 is 12.3. The molecule has 0 saturated heterocycles. The van der Waals surface area contributed by atoms with Crippen LogP contribution in [0.2, 0.25) is 0 Å². The Balaban J connectivity index is 1.39. The lowest BCUT2D eigenvalue weighted by Crippen LogP contribution is -2.31. The standard InChI is InChI=1S/C26H23N3O4S/c1-16-7-10-19(11-8-16)29-25(31)20-5-3-4-6-21(20)28-26(29)34-17(2)24(30)27-14-18-9-12-22-23(13-18)33-15-32-22/h3-13,17H,14-15H2,1-2H3,(H,27,30). The minimum Gasteiger partial charge on any atom is -0.454 e. The van der Waals surface area contributed by atoms with Gasteiger partial charge in [0.1, 0.15) is 0 Å². The molecule has 0 spiro atoms. The number of hydrogen-bond acceptors (Lipinski definition) is 6. The Kier molecular flexibility index (Phi) is 5.98. The van der Waals surface area contributed by atoms with Gasteiger partial charge in [-0.05, 0) is 55.8 Å². The van der Waals surface area contributed by atoms with Gasteiger partial charge in [0.2, 0.25) is 12.7 Å². The molecule has 7 nitrogen and oxygen atoms in total. The molecule has 0 saturated carbocycles. The predicted octanol–water partition coefficient (Wildman–Crippen LogP) is 4.22. The minimum absolute atomic E-state index is 0.152. The molecule has 0 bridgehead atoms. The van der Waals surface area contributed by atoms with E-state index in [0.29, 0.717) is 39.8 Å². The van der Waals surface area contributed by atoms with Crippen LogP contribution in [0.5, 0.6) is 11.5 Å². The van der Waals surface area contributed by atoms with Gasteiger partial charge in [-0.3, -0.25) is 14.2 Å². The van der Waals surface area contributed by atoms with Crippen LogP contribution in [0.15, 0.2) is 76.7 Å². The number of carbonyl (C=O) groups excluding carboxylic acids is 1. The molecule has 34 heavy (non-hydrogen) atoms. The first-order chi connectivity index (χ1) is 16.5. The molecule has 2 heterocycles. The van der Waals surface area contributed by atoms with E-state index in [0.717, 1.165) is 11.1 Å². The van der Waals surface area contributed by atoms with Gasteiger partial charge < -0.3 is 14.8 Å². The van der Waals surface area contributed by atoms with Crippen LogP contribution in [0.25, 0.3) is 16.6 Å². The zero-order chi connectivity index (χ0) is 23.7. The number of aromatic nitrogens is 2. The highest BCUT2D eigenvalue weighted by atomic mass is 32.2. The van der Waals surface area contributed by atoms with Crippen molar-refractivity contribution in [3.8, 4) is 17.2 Å². The van der Waals surface area contributed by atoms with Gasteiger partial charge in [0.05, 0.1) is 21.8 Å². The molecule has 1 aliphatic rings. The number of hydrogen-bond donors (Lipinski definition) is 1. The number of thioether (sulfide) groups is 1. The normalized spacial score (nSPS) is 13.1. The number of nitrogens with zero attached hydrogens (tertiary/aromatic N) is 2. The molecule has 0 fully saturated rings. The maximum atomic E-state index is 13.4. The van der Waals surface area contributed by atoms with E-state index in [1.54, 1.807) is 17.6 Å². The second-order valence-corrected chi connectivity index (χ2v) is 9.36. The average Bonchev–Trinajstić information content (AvgIpc) is 3.31. The zero-order valence-corrected chi connectivity index (χ0v) is 19.6. The highest BCUT2D eigenvalue weighted by molar-refractivity contribution is 8.00. The van der Waals surface area contributed by atoms with Crippen LogP contribution in [0, 0.1) is 6.92 Å². The predicted molar refractivity (Wildman–Crippen MR) is 132 cm³/mol. The van der Waals surface area contributed by atoms with E-state index in [1.807, 2.05) is 67.6 Å². The van der Waals surface area contributed by atoms with E-state index in [-0.39, 0.29) is 18.3 Å². The van der Waals surface area contributed by atoms with E-state index < -0.39 is 5.25 Å². The largest absolute Gasteiger partial charge is 0.454 e. The quantitative estimate of drug-likeness (QED) is 0.334. The van der Waals surface area contributed by atoms with Crippen LogP contribution in [-0.2, 0) is 11.3 Å². The summed E-state index contributed by atoms with van der Waals surface area (Å²) >= 11 is 1.26. The molecule has 4 aromatic rings. The molecule has 5 rings (SSSR count). The number of aryl methyl sites for hydroxylation is 1. The Bertz CT molecular complexity index is 1430. The summed E-state index contributed by atoms with van der Waals surface area (Å²) in [6.07, 6.45) is 0. The summed E-state index contributed by atoms with van der Waals surface area (Å²) in [5, 5.41) is 3.49. The van der Waals surface area contributed by atoms with E-state index in [4.69, 9.17) is 14.5 Å². The number of fused-ring (bicyclic) bond motifs is 2. The second kappa shape index (κ2) is 9.23. The number of amides is 1. The summed E-state index contributed by atoms with van der Waals surface area (Å²) in [7, 11) is 0. The molecule has 1 amide bonds. The number of carbonyl (C=O) groups is 1. The van der Waals surface area contributed by atoms with Gasteiger partial charge >= 0.3 is 0 Å². The lowest BCUT2D eigenvalue weighted by molar-refractivity contribution is -0.120. The van der Waals surface area contributed by atoms with Crippen LogP contribution in [0.3, 0.4) is 0 Å². The maximum Gasteiger partial charge on any atom is 0.266 e. The second-order valence-electron chi connectivity index (χ2n) is 8.05. The van der Waals surface area contributed by atoms with Gasteiger partial charge in [0.15, 0.2) is 16.7 Å².